The molecule has 29 heavy (non-hydrogen) atoms. The number of anilines is 1. The highest BCUT2D eigenvalue weighted by molar-refractivity contribution is 5.68. The van der Waals surface area contributed by atoms with Gasteiger partial charge in [-0.15, -0.1) is 0 Å². The highest BCUT2D eigenvalue weighted by Crippen LogP contribution is 2.23. The van der Waals surface area contributed by atoms with E-state index < -0.39 is 5.97 Å². The van der Waals surface area contributed by atoms with Crippen LogP contribution in [0.3, 0.4) is 0 Å². The molecule has 0 atom stereocenters. The number of carboxylic acid groups (broad SMARTS) is 1. The summed E-state index contributed by atoms with van der Waals surface area (Å²) in [6.07, 6.45) is 19.8. The topological polar surface area (TPSA) is 40.5 Å². The Hall–Kier alpha value is -2.03. The lowest BCUT2D eigenvalue weighted by Gasteiger charge is -2.13. The van der Waals surface area contributed by atoms with Crippen LogP contribution in [0.2, 0.25) is 0 Å². The van der Waals surface area contributed by atoms with Crippen LogP contribution in [0.4, 0.5) is 5.69 Å². The fourth-order valence-electron chi connectivity index (χ4n) is 3.36. The molecule has 0 aromatic heterocycles. The first-order chi connectivity index (χ1) is 14.0. The van der Waals surface area contributed by atoms with Gasteiger partial charge in [-0.05, 0) is 61.8 Å². The highest BCUT2D eigenvalue weighted by atomic mass is 16.4. The van der Waals surface area contributed by atoms with Gasteiger partial charge in [-0.3, -0.25) is 4.79 Å². The second-order valence-electron chi connectivity index (χ2n) is 8.04. The first-order valence-corrected chi connectivity index (χ1v) is 11.4. The van der Waals surface area contributed by atoms with Gasteiger partial charge in [0.2, 0.25) is 0 Å². The Kier molecular flexibility index (Phi) is 13.7. The molecule has 3 nitrogen and oxygen atoms in total. The third-order valence-corrected chi connectivity index (χ3v) is 5.22. The fraction of sp³-hybridized carbons (Fsp3) is 0.577. The van der Waals surface area contributed by atoms with Gasteiger partial charge in [0, 0.05) is 26.2 Å². The van der Waals surface area contributed by atoms with Gasteiger partial charge in [-0.2, -0.15) is 0 Å². The number of aliphatic carboxylic acids is 1. The van der Waals surface area contributed by atoms with Gasteiger partial charge in [0.25, 0.3) is 0 Å². The molecule has 0 bridgehead atoms. The monoisotopic (exact) mass is 399 g/mol. The van der Waals surface area contributed by atoms with Crippen LogP contribution in [0.25, 0.3) is 5.57 Å². The number of rotatable bonds is 16. The van der Waals surface area contributed by atoms with Gasteiger partial charge in [0.05, 0.1) is 0 Å². The molecule has 1 aromatic carbocycles. The molecule has 0 saturated heterocycles. The zero-order chi connectivity index (χ0) is 21.3. The summed E-state index contributed by atoms with van der Waals surface area (Å²) in [5.74, 6) is -0.680. The van der Waals surface area contributed by atoms with Crippen LogP contribution in [-0.4, -0.2) is 25.2 Å². The molecule has 0 aliphatic rings. The molecule has 0 aliphatic heterocycles. The number of benzene rings is 1. The van der Waals surface area contributed by atoms with E-state index in [9.17, 15) is 4.79 Å². The molecule has 0 spiro atoms. The first-order valence-electron chi connectivity index (χ1n) is 11.4. The van der Waals surface area contributed by atoms with E-state index in [1.54, 1.807) is 0 Å². The van der Waals surface area contributed by atoms with Gasteiger partial charge < -0.3 is 10.0 Å². The minimum Gasteiger partial charge on any atom is -0.481 e. The minimum atomic E-state index is -0.680. The van der Waals surface area contributed by atoms with Crippen molar-refractivity contribution in [3.8, 4) is 0 Å². The summed E-state index contributed by atoms with van der Waals surface area (Å²) < 4.78 is 0. The molecule has 162 valence electrons. The van der Waals surface area contributed by atoms with E-state index in [0.29, 0.717) is 6.42 Å². The van der Waals surface area contributed by atoms with Crippen molar-refractivity contribution in [1.29, 1.82) is 0 Å². The fourth-order valence-corrected chi connectivity index (χ4v) is 3.36. The van der Waals surface area contributed by atoms with Crippen molar-refractivity contribution < 1.29 is 9.90 Å². The number of carboxylic acids is 1. The van der Waals surface area contributed by atoms with Gasteiger partial charge >= 0.3 is 5.97 Å². The van der Waals surface area contributed by atoms with Gasteiger partial charge in [0.1, 0.15) is 0 Å². The SMILES string of the molecule is CCCCC/C=C/C/C(=C\CCCCCCCC(=O)O)c1ccc(N(C)C)cc1. The molecule has 1 aromatic rings. The molecule has 0 unspecified atom stereocenters. The normalized spacial score (nSPS) is 11.9. The molecule has 0 saturated carbocycles. The van der Waals surface area contributed by atoms with Crippen LogP contribution >= 0.6 is 0 Å². The van der Waals surface area contributed by atoms with Gasteiger partial charge in [0.15, 0.2) is 0 Å². The zero-order valence-corrected chi connectivity index (χ0v) is 18.8. The zero-order valence-electron chi connectivity index (χ0n) is 18.8. The average Bonchev–Trinajstić information content (AvgIpc) is 2.70. The van der Waals surface area contributed by atoms with Crippen molar-refractivity contribution in [2.75, 3.05) is 19.0 Å². The molecule has 1 N–H and O–H groups in total. The highest BCUT2D eigenvalue weighted by Gasteiger charge is 2.02. The van der Waals surface area contributed by atoms with E-state index >= 15 is 0 Å². The molecule has 3 heteroatoms. The minimum absolute atomic E-state index is 0.303. The predicted molar refractivity (Wildman–Crippen MR) is 127 cm³/mol. The Labute approximate surface area is 178 Å². The number of allylic oxidation sites excluding steroid dienone is 4. The second-order valence-corrected chi connectivity index (χ2v) is 8.04. The molecule has 1 rings (SSSR count). The molecular weight excluding hydrogens is 358 g/mol. The average molecular weight is 400 g/mol. The second kappa shape index (κ2) is 15.8. The number of hydrogen-bond acceptors (Lipinski definition) is 2. The Morgan fingerprint density at radius 3 is 2.21 bits per heavy atom. The van der Waals surface area contributed by atoms with Crippen molar-refractivity contribution in [3.05, 3.63) is 48.1 Å². The first kappa shape index (κ1) is 25.0. The molecule has 0 heterocycles. The van der Waals surface area contributed by atoms with Gasteiger partial charge in [-0.1, -0.05) is 69.4 Å². The summed E-state index contributed by atoms with van der Waals surface area (Å²) in [5.41, 5.74) is 3.95. The van der Waals surface area contributed by atoms with Crippen molar-refractivity contribution in [1.82, 2.24) is 0 Å². The standard InChI is InChI=1S/C26H41NO2/c1-4-5-6-7-10-13-16-23(24-19-21-25(22-20-24)27(2)3)17-14-11-8-9-12-15-18-26(28)29/h10,13,17,19-22H,4-9,11-12,14-16,18H2,1-3H3,(H,28,29)/b13-10+,23-17+. The predicted octanol–water partition coefficient (Wildman–Crippen LogP) is 7.48. The van der Waals surface area contributed by atoms with Gasteiger partial charge in [-0.25, -0.2) is 0 Å². The maximum absolute atomic E-state index is 10.5. The Morgan fingerprint density at radius 1 is 0.897 bits per heavy atom. The van der Waals surface area contributed by atoms with Crippen LogP contribution < -0.4 is 4.90 Å². The van der Waals surface area contributed by atoms with E-state index in [2.05, 4.69) is 68.4 Å². The van der Waals surface area contributed by atoms with Crippen molar-refractivity contribution >= 4 is 17.2 Å². The smallest absolute Gasteiger partial charge is 0.303 e. The summed E-state index contributed by atoms with van der Waals surface area (Å²) in [5, 5.41) is 8.69. The molecule has 0 radical (unpaired) electrons. The molecule has 0 fully saturated rings. The van der Waals surface area contributed by atoms with Crippen LogP contribution in [0.15, 0.2) is 42.5 Å². The molecule has 0 aliphatic carbocycles. The number of carbonyl (C=O) groups is 1. The summed E-state index contributed by atoms with van der Waals surface area (Å²) >= 11 is 0. The molecule has 0 amide bonds. The van der Waals surface area contributed by atoms with Crippen LogP contribution in [0.5, 0.6) is 0 Å². The number of nitrogens with zero attached hydrogens (tertiary/aromatic N) is 1. The number of hydrogen-bond donors (Lipinski definition) is 1. The van der Waals surface area contributed by atoms with Crippen molar-refractivity contribution in [3.63, 3.8) is 0 Å². The third kappa shape index (κ3) is 12.2. The Balaban J connectivity index is 2.55. The van der Waals surface area contributed by atoms with E-state index in [0.717, 1.165) is 32.1 Å². The third-order valence-electron chi connectivity index (χ3n) is 5.22. The van der Waals surface area contributed by atoms with Crippen LogP contribution in [-0.2, 0) is 4.79 Å². The van der Waals surface area contributed by atoms with Crippen LogP contribution in [0, 0.1) is 0 Å². The van der Waals surface area contributed by atoms with Crippen molar-refractivity contribution in [2.45, 2.75) is 84.0 Å². The van der Waals surface area contributed by atoms with E-state index in [1.807, 2.05) is 0 Å². The van der Waals surface area contributed by atoms with E-state index in [-0.39, 0.29) is 0 Å². The lowest BCUT2D eigenvalue weighted by molar-refractivity contribution is -0.137. The van der Waals surface area contributed by atoms with E-state index in [1.165, 1.54) is 55.3 Å². The summed E-state index contributed by atoms with van der Waals surface area (Å²) in [4.78, 5) is 12.7. The summed E-state index contributed by atoms with van der Waals surface area (Å²) in [6.45, 7) is 2.24. The maximum Gasteiger partial charge on any atom is 0.303 e. The summed E-state index contributed by atoms with van der Waals surface area (Å²) in [7, 11) is 4.14. The van der Waals surface area contributed by atoms with E-state index in [4.69, 9.17) is 5.11 Å². The largest absolute Gasteiger partial charge is 0.481 e. The lowest BCUT2D eigenvalue weighted by atomic mass is 9.99. The summed E-state index contributed by atoms with van der Waals surface area (Å²) in [6, 6.07) is 8.85. The Morgan fingerprint density at radius 2 is 1.55 bits per heavy atom. The molecular formula is C26H41NO2. The van der Waals surface area contributed by atoms with Crippen LogP contribution in [0.1, 0.15) is 89.5 Å². The quantitative estimate of drug-likeness (QED) is 0.231. The Bertz CT molecular complexity index is 614. The van der Waals surface area contributed by atoms with Crippen molar-refractivity contribution in [2.24, 2.45) is 0 Å². The maximum atomic E-state index is 10.5. The number of unbranched alkanes of at least 4 members (excludes halogenated alkanes) is 8. The lowest BCUT2D eigenvalue weighted by Crippen LogP contribution is -2.08.